The monoisotopic (exact) mass is 733 g/mol. The van der Waals surface area contributed by atoms with Gasteiger partial charge < -0.3 is 4.42 Å². The van der Waals surface area contributed by atoms with E-state index in [0.29, 0.717) is 17.5 Å². The van der Waals surface area contributed by atoms with E-state index in [1.165, 1.54) is 37.7 Å². The Morgan fingerprint density at radius 1 is 0.339 bits per heavy atom. The minimum Gasteiger partial charge on any atom is -0.456 e. The third-order valence-electron chi connectivity index (χ3n) is 10.6. The molecule has 0 saturated carbocycles. The van der Waals surface area contributed by atoms with Gasteiger partial charge in [-0.05, 0) is 63.7 Å². The first-order valence-corrected chi connectivity index (χ1v) is 19.5. The van der Waals surface area contributed by atoms with E-state index < -0.39 is 0 Å². The van der Waals surface area contributed by atoms with Crippen molar-refractivity contribution in [2.75, 3.05) is 0 Å². The Bertz CT molecular complexity index is 3240. The fourth-order valence-electron chi connectivity index (χ4n) is 7.81. The maximum atomic E-state index is 6.28. The highest BCUT2D eigenvalue weighted by Gasteiger charge is 2.20. The second-order valence-corrected chi connectivity index (χ2v) is 15.0. The molecule has 11 rings (SSSR count). The molecule has 5 heteroatoms. The lowest BCUT2D eigenvalue weighted by molar-refractivity contribution is 0.669. The van der Waals surface area contributed by atoms with Gasteiger partial charge in [0, 0.05) is 47.6 Å². The van der Waals surface area contributed by atoms with Crippen molar-refractivity contribution in [2.45, 2.75) is 0 Å². The quantitative estimate of drug-likeness (QED) is 0.171. The van der Waals surface area contributed by atoms with Crippen molar-refractivity contribution in [1.82, 2.24) is 15.0 Å². The molecule has 0 N–H and O–H groups in total. The second kappa shape index (κ2) is 13.3. The predicted molar refractivity (Wildman–Crippen MR) is 233 cm³/mol. The van der Waals surface area contributed by atoms with E-state index in [4.69, 9.17) is 19.4 Å². The molecule has 0 bridgehead atoms. The Kier molecular flexibility index (Phi) is 7.64. The fraction of sp³-hybridized carbons (Fsp3) is 0. The zero-order valence-electron chi connectivity index (χ0n) is 30.1. The van der Waals surface area contributed by atoms with Crippen LogP contribution in [0.3, 0.4) is 0 Å². The van der Waals surface area contributed by atoms with Crippen LogP contribution >= 0.6 is 11.3 Å². The zero-order valence-corrected chi connectivity index (χ0v) is 30.9. The summed E-state index contributed by atoms with van der Waals surface area (Å²) in [4.78, 5) is 15.6. The zero-order chi connectivity index (χ0) is 37.0. The van der Waals surface area contributed by atoms with Crippen molar-refractivity contribution in [3.63, 3.8) is 0 Å². The maximum Gasteiger partial charge on any atom is 0.165 e. The minimum atomic E-state index is 0.607. The molecule has 0 unspecified atom stereocenters. The van der Waals surface area contributed by atoms with Crippen LogP contribution in [0.5, 0.6) is 0 Å². The van der Waals surface area contributed by atoms with Crippen molar-refractivity contribution in [2.24, 2.45) is 0 Å². The Hall–Kier alpha value is -7.21. The lowest BCUT2D eigenvalue weighted by Crippen LogP contribution is -2.00. The van der Waals surface area contributed by atoms with Crippen LogP contribution in [0.15, 0.2) is 192 Å². The van der Waals surface area contributed by atoms with Gasteiger partial charge in [0.1, 0.15) is 11.2 Å². The molecule has 262 valence electrons. The smallest absolute Gasteiger partial charge is 0.165 e. The lowest BCUT2D eigenvalue weighted by Gasteiger charge is -2.11. The number of para-hydroxylation sites is 1. The Morgan fingerprint density at radius 3 is 1.61 bits per heavy atom. The topological polar surface area (TPSA) is 51.8 Å². The van der Waals surface area contributed by atoms with Crippen LogP contribution in [0, 0.1) is 0 Å². The molecule has 3 aromatic heterocycles. The molecule has 0 radical (unpaired) electrons. The molecule has 0 aliphatic rings. The SMILES string of the molecule is c1ccc(-c2ccc(-c3cccc(-c4ccc(-c5nc(-c6cccc7c6sc6ccccc67)nc(-c6cccc7oc8ccccc8c67)n5)cc4)c3)cc2)cc1. The van der Waals surface area contributed by atoms with Gasteiger partial charge in [-0.25, -0.2) is 15.0 Å². The summed E-state index contributed by atoms with van der Waals surface area (Å²) < 4.78 is 8.68. The first-order valence-electron chi connectivity index (χ1n) is 18.7. The average Bonchev–Trinajstić information content (AvgIpc) is 3.86. The van der Waals surface area contributed by atoms with Crippen LogP contribution < -0.4 is 0 Å². The van der Waals surface area contributed by atoms with Crippen molar-refractivity contribution < 1.29 is 4.42 Å². The normalized spacial score (nSPS) is 11.6. The molecule has 3 heterocycles. The molecule has 0 aliphatic heterocycles. The fourth-order valence-corrected chi connectivity index (χ4v) is 9.02. The van der Waals surface area contributed by atoms with Gasteiger partial charge in [0.05, 0.1) is 0 Å². The van der Waals surface area contributed by atoms with E-state index in [2.05, 4.69) is 152 Å². The van der Waals surface area contributed by atoms with Crippen LogP contribution in [0.1, 0.15) is 0 Å². The summed E-state index contributed by atoms with van der Waals surface area (Å²) in [6.45, 7) is 0. The van der Waals surface area contributed by atoms with Crippen molar-refractivity contribution in [3.05, 3.63) is 188 Å². The molecule has 0 amide bonds. The number of hydrogen-bond donors (Lipinski definition) is 0. The summed E-state index contributed by atoms with van der Waals surface area (Å²) in [5, 5.41) is 4.47. The highest BCUT2D eigenvalue weighted by molar-refractivity contribution is 7.26. The first-order chi connectivity index (χ1) is 27.7. The van der Waals surface area contributed by atoms with Gasteiger partial charge in [0.2, 0.25) is 0 Å². The molecule has 11 aromatic rings. The third-order valence-corrected chi connectivity index (χ3v) is 11.8. The summed E-state index contributed by atoms with van der Waals surface area (Å²) in [7, 11) is 0. The van der Waals surface area contributed by atoms with Crippen LogP contribution in [-0.4, -0.2) is 15.0 Å². The van der Waals surface area contributed by atoms with Crippen LogP contribution in [0.25, 0.3) is 110 Å². The van der Waals surface area contributed by atoms with Crippen LogP contribution in [0.4, 0.5) is 0 Å². The van der Waals surface area contributed by atoms with Gasteiger partial charge in [-0.2, -0.15) is 0 Å². The Balaban J connectivity index is 1.02. The highest BCUT2D eigenvalue weighted by Crippen LogP contribution is 2.41. The molecule has 56 heavy (non-hydrogen) atoms. The number of aromatic nitrogens is 3. The van der Waals surface area contributed by atoms with Crippen molar-refractivity contribution >= 4 is 53.4 Å². The molecule has 4 nitrogen and oxygen atoms in total. The van der Waals surface area contributed by atoms with E-state index in [1.54, 1.807) is 11.3 Å². The third kappa shape index (κ3) is 5.56. The van der Waals surface area contributed by atoms with E-state index in [0.717, 1.165) is 54.5 Å². The summed E-state index contributed by atoms with van der Waals surface area (Å²) >= 11 is 1.78. The van der Waals surface area contributed by atoms with Crippen LogP contribution in [0.2, 0.25) is 0 Å². The largest absolute Gasteiger partial charge is 0.456 e. The van der Waals surface area contributed by atoms with E-state index in [9.17, 15) is 0 Å². The molecule has 0 spiro atoms. The number of furan rings is 1. The molecular weight excluding hydrogens is 703 g/mol. The highest BCUT2D eigenvalue weighted by atomic mass is 32.1. The number of benzene rings is 8. The predicted octanol–water partition coefficient (Wildman–Crippen LogP) is 14.1. The molecule has 0 saturated heterocycles. The number of rotatable bonds is 6. The van der Waals surface area contributed by atoms with Gasteiger partial charge in [0.15, 0.2) is 17.5 Å². The van der Waals surface area contributed by atoms with Gasteiger partial charge in [-0.3, -0.25) is 0 Å². The number of hydrogen-bond acceptors (Lipinski definition) is 5. The van der Waals surface area contributed by atoms with E-state index >= 15 is 0 Å². The average molecular weight is 734 g/mol. The molecule has 0 aliphatic carbocycles. The standard InChI is InChI=1S/C51H31N3OS/c1-2-11-32(12-3-1)33-23-25-34(26-24-33)37-13-8-14-38(31-37)35-27-29-36(30-28-35)49-52-50(42-18-10-21-45-47(42)41-16-4-6-20-44(41)55-45)54-51(53-49)43-19-9-17-40-39-15-5-7-22-46(39)56-48(40)43/h1-31H. The molecular formula is C51H31N3OS. The van der Waals surface area contributed by atoms with Gasteiger partial charge in [0.25, 0.3) is 0 Å². The molecule has 8 aromatic carbocycles. The van der Waals surface area contributed by atoms with Crippen molar-refractivity contribution in [3.8, 4) is 67.5 Å². The van der Waals surface area contributed by atoms with E-state index in [1.807, 2.05) is 36.4 Å². The summed E-state index contributed by atoms with van der Waals surface area (Å²) in [6.07, 6.45) is 0. The van der Waals surface area contributed by atoms with Crippen molar-refractivity contribution in [1.29, 1.82) is 0 Å². The summed E-state index contributed by atoms with van der Waals surface area (Å²) in [5.41, 5.74) is 11.5. The van der Waals surface area contributed by atoms with Gasteiger partial charge >= 0.3 is 0 Å². The molecule has 0 atom stereocenters. The number of fused-ring (bicyclic) bond motifs is 6. The maximum absolute atomic E-state index is 6.28. The van der Waals surface area contributed by atoms with Crippen LogP contribution in [-0.2, 0) is 0 Å². The Labute approximate surface area is 327 Å². The number of nitrogens with zero attached hydrogens (tertiary/aromatic N) is 3. The lowest BCUT2D eigenvalue weighted by atomic mass is 9.97. The Morgan fingerprint density at radius 2 is 0.839 bits per heavy atom. The molecule has 0 fully saturated rings. The summed E-state index contributed by atoms with van der Waals surface area (Å²) in [5.74, 6) is 1.86. The van der Waals surface area contributed by atoms with Gasteiger partial charge in [-0.1, -0.05) is 158 Å². The number of thiophene rings is 1. The first kappa shape index (κ1) is 32.2. The van der Waals surface area contributed by atoms with Gasteiger partial charge in [-0.15, -0.1) is 11.3 Å². The summed E-state index contributed by atoms with van der Waals surface area (Å²) in [6, 6.07) is 65.8. The van der Waals surface area contributed by atoms with E-state index in [-0.39, 0.29) is 0 Å². The second-order valence-electron chi connectivity index (χ2n) is 14.0. The minimum absolute atomic E-state index is 0.607.